The lowest BCUT2D eigenvalue weighted by Gasteiger charge is -2.30. The van der Waals surface area contributed by atoms with Gasteiger partial charge in [-0.25, -0.2) is 4.98 Å². The average Bonchev–Trinajstić information content (AvgIpc) is 3.29. The highest BCUT2D eigenvalue weighted by atomic mass is 32.1. The third-order valence-corrected chi connectivity index (χ3v) is 5.78. The summed E-state index contributed by atoms with van der Waals surface area (Å²) in [5.41, 5.74) is 5.32. The summed E-state index contributed by atoms with van der Waals surface area (Å²) < 4.78 is 39.2. The van der Waals surface area contributed by atoms with E-state index in [1.807, 2.05) is 0 Å². The molecule has 0 unspecified atom stereocenters. The van der Waals surface area contributed by atoms with Crippen molar-refractivity contribution < 1.29 is 18.0 Å². The van der Waals surface area contributed by atoms with Gasteiger partial charge in [0.15, 0.2) is 0 Å². The van der Waals surface area contributed by atoms with Crippen molar-refractivity contribution in [3.8, 4) is 0 Å². The van der Waals surface area contributed by atoms with Crippen molar-refractivity contribution in [2.75, 3.05) is 6.54 Å². The first-order chi connectivity index (χ1) is 12.3. The van der Waals surface area contributed by atoms with E-state index in [2.05, 4.69) is 10.3 Å². The SMILES string of the molecule is NCc1nc(C(=O)NCC2(c3cccc(C(F)(F)F)c3)CCCC2)cs1. The van der Waals surface area contributed by atoms with Crippen LogP contribution in [0.5, 0.6) is 0 Å². The van der Waals surface area contributed by atoms with Crippen LogP contribution in [0.1, 0.15) is 52.3 Å². The molecule has 1 aliphatic carbocycles. The molecule has 4 nitrogen and oxygen atoms in total. The summed E-state index contributed by atoms with van der Waals surface area (Å²) in [6.45, 7) is 0.564. The smallest absolute Gasteiger partial charge is 0.350 e. The quantitative estimate of drug-likeness (QED) is 0.824. The fourth-order valence-corrected chi connectivity index (χ4v) is 4.15. The predicted molar refractivity (Wildman–Crippen MR) is 93.9 cm³/mol. The Hall–Kier alpha value is -1.93. The molecule has 1 amide bonds. The van der Waals surface area contributed by atoms with E-state index in [9.17, 15) is 18.0 Å². The van der Waals surface area contributed by atoms with Crippen LogP contribution in [0.2, 0.25) is 0 Å². The van der Waals surface area contributed by atoms with Gasteiger partial charge in [0, 0.05) is 23.9 Å². The molecule has 0 atom stereocenters. The molecule has 0 aliphatic heterocycles. The van der Waals surface area contributed by atoms with Gasteiger partial charge in [0.25, 0.3) is 5.91 Å². The Balaban J connectivity index is 1.79. The molecule has 0 radical (unpaired) electrons. The van der Waals surface area contributed by atoms with E-state index in [1.165, 1.54) is 23.5 Å². The second-order valence-corrected chi connectivity index (χ2v) is 7.52. The molecule has 0 saturated heterocycles. The van der Waals surface area contributed by atoms with Gasteiger partial charge in [-0.2, -0.15) is 13.2 Å². The molecule has 2 aromatic rings. The number of benzene rings is 1. The van der Waals surface area contributed by atoms with Crippen molar-refractivity contribution in [2.45, 2.75) is 43.8 Å². The minimum Gasteiger partial charge on any atom is -0.350 e. The molecule has 1 saturated carbocycles. The number of carbonyl (C=O) groups is 1. The van der Waals surface area contributed by atoms with Crippen molar-refractivity contribution in [1.29, 1.82) is 0 Å². The molecule has 0 bridgehead atoms. The van der Waals surface area contributed by atoms with Crippen molar-refractivity contribution in [1.82, 2.24) is 10.3 Å². The monoisotopic (exact) mass is 383 g/mol. The molecule has 1 aromatic heterocycles. The van der Waals surface area contributed by atoms with E-state index in [-0.39, 0.29) is 12.5 Å². The van der Waals surface area contributed by atoms with Gasteiger partial charge >= 0.3 is 6.18 Å². The van der Waals surface area contributed by atoms with Crippen LogP contribution in [-0.2, 0) is 18.1 Å². The molecule has 140 valence electrons. The van der Waals surface area contributed by atoms with Crippen LogP contribution in [0.25, 0.3) is 0 Å². The van der Waals surface area contributed by atoms with Gasteiger partial charge in [0.05, 0.1) is 5.56 Å². The Morgan fingerprint density at radius 2 is 2.04 bits per heavy atom. The van der Waals surface area contributed by atoms with Gasteiger partial charge in [0.2, 0.25) is 0 Å². The Labute approximate surface area is 153 Å². The summed E-state index contributed by atoms with van der Waals surface area (Å²) in [6, 6.07) is 5.46. The van der Waals surface area contributed by atoms with Crippen molar-refractivity contribution in [3.05, 3.63) is 51.5 Å². The summed E-state index contributed by atoms with van der Waals surface area (Å²) in [5, 5.41) is 5.17. The fourth-order valence-electron chi connectivity index (χ4n) is 3.49. The highest BCUT2D eigenvalue weighted by Gasteiger charge is 2.38. The first-order valence-corrected chi connectivity index (χ1v) is 9.32. The number of halogens is 3. The minimum absolute atomic E-state index is 0.270. The molecule has 3 rings (SSSR count). The van der Waals surface area contributed by atoms with E-state index in [0.29, 0.717) is 22.8 Å². The summed E-state index contributed by atoms with van der Waals surface area (Å²) in [5.74, 6) is -0.320. The molecule has 8 heteroatoms. The Bertz CT molecular complexity index is 782. The molecular weight excluding hydrogens is 363 g/mol. The first-order valence-electron chi connectivity index (χ1n) is 8.44. The zero-order valence-electron chi connectivity index (χ0n) is 14.1. The van der Waals surface area contributed by atoms with Crippen LogP contribution in [0.4, 0.5) is 13.2 Å². The van der Waals surface area contributed by atoms with Crippen LogP contribution in [0.15, 0.2) is 29.6 Å². The summed E-state index contributed by atoms with van der Waals surface area (Å²) in [4.78, 5) is 16.5. The Morgan fingerprint density at radius 1 is 1.31 bits per heavy atom. The maximum Gasteiger partial charge on any atom is 0.416 e. The van der Waals surface area contributed by atoms with Crippen molar-refractivity contribution in [2.24, 2.45) is 5.73 Å². The third-order valence-electron chi connectivity index (χ3n) is 4.91. The van der Waals surface area contributed by atoms with Crippen LogP contribution in [-0.4, -0.2) is 17.4 Å². The zero-order valence-corrected chi connectivity index (χ0v) is 14.9. The molecule has 1 heterocycles. The summed E-state index contributed by atoms with van der Waals surface area (Å²) in [6.07, 6.45) is -1.02. The lowest BCUT2D eigenvalue weighted by molar-refractivity contribution is -0.137. The van der Waals surface area contributed by atoms with Crippen LogP contribution in [0.3, 0.4) is 0 Å². The molecule has 3 N–H and O–H groups in total. The Morgan fingerprint density at radius 3 is 2.65 bits per heavy atom. The number of alkyl halides is 3. The Kier molecular flexibility index (Phi) is 5.34. The number of hydrogen-bond acceptors (Lipinski definition) is 4. The minimum atomic E-state index is -4.38. The highest BCUT2D eigenvalue weighted by molar-refractivity contribution is 7.09. The number of hydrogen-bond donors (Lipinski definition) is 2. The number of nitrogens with zero attached hydrogens (tertiary/aromatic N) is 1. The van der Waals surface area contributed by atoms with Crippen LogP contribution in [0, 0.1) is 0 Å². The fraction of sp³-hybridized carbons (Fsp3) is 0.444. The normalized spacial score (nSPS) is 16.6. The second kappa shape index (κ2) is 7.36. The number of rotatable bonds is 5. The standard InChI is InChI=1S/C18H20F3N3OS/c19-18(20,21)13-5-3-4-12(8-13)17(6-1-2-7-17)11-23-16(25)14-10-26-15(9-22)24-14/h3-5,8,10H,1-2,6-7,9,11,22H2,(H,23,25). The third kappa shape index (κ3) is 3.91. The van der Waals surface area contributed by atoms with Crippen LogP contribution >= 0.6 is 11.3 Å². The average molecular weight is 383 g/mol. The lowest BCUT2D eigenvalue weighted by Crippen LogP contribution is -2.39. The molecule has 1 fully saturated rings. The summed E-state index contributed by atoms with van der Waals surface area (Å²) >= 11 is 1.31. The number of nitrogens with two attached hydrogens (primary N) is 1. The van der Waals surface area contributed by atoms with E-state index in [1.54, 1.807) is 11.4 Å². The molecule has 1 aromatic carbocycles. The van der Waals surface area contributed by atoms with E-state index >= 15 is 0 Å². The van der Waals surface area contributed by atoms with E-state index in [4.69, 9.17) is 5.73 Å². The number of carbonyl (C=O) groups excluding carboxylic acids is 1. The van der Waals surface area contributed by atoms with Gasteiger partial charge in [-0.05, 0) is 24.5 Å². The van der Waals surface area contributed by atoms with Gasteiger partial charge < -0.3 is 11.1 Å². The van der Waals surface area contributed by atoms with Crippen LogP contribution < -0.4 is 11.1 Å². The van der Waals surface area contributed by atoms with E-state index in [0.717, 1.165) is 31.7 Å². The number of thiazole rings is 1. The number of amides is 1. The predicted octanol–water partition coefficient (Wildman–Crippen LogP) is 3.86. The van der Waals surface area contributed by atoms with Gasteiger partial charge in [0.1, 0.15) is 10.7 Å². The summed E-state index contributed by atoms with van der Waals surface area (Å²) in [7, 11) is 0. The first kappa shape index (κ1) is 18.8. The van der Waals surface area contributed by atoms with Gasteiger partial charge in [-0.1, -0.05) is 31.0 Å². The topological polar surface area (TPSA) is 68.0 Å². The van der Waals surface area contributed by atoms with Crippen molar-refractivity contribution in [3.63, 3.8) is 0 Å². The lowest BCUT2D eigenvalue weighted by atomic mass is 9.78. The molecular formula is C18H20F3N3OS. The highest BCUT2D eigenvalue weighted by Crippen LogP contribution is 2.42. The molecule has 1 aliphatic rings. The number of nitrogens with one attached hydrogen (secondary N) is 1. The van der Waals surface area contributed by atoms with E-state index < -0.39 is 17.2 Å². The van der Waals surface area contributed by atoms with Gasteiger partial charge in [-0.3, -0.25) is 4.79 Å². The second-order valence-electron chi connectivity index (χ2n) is 6.58. The largest absolute Gasteiger partial charge is 0.416 e. The molecule has 26 heavy (non-hydrogen) atoms. The maximum atomic E-state index is 13.1. The zero-order chi connectivity index (χ0) is 18.8. The van der Waals surface area contributed by atoms with Gasteiger partial charge in [-0.15, -0.1) is 11.3 Å². The van der Waals surface area contributed by atoms with Crippen molar-refractivity contribution >= 4 is 17.2 Å². The maximum absolute atomic E-state index is 13.1. The molecule has 0 spiro atoms. The number of aromatic nitrogens is 1.